The highest BCUT2D eigenvalue weighted by Gasteiger charge is 1.96. The van der Waals surface area contributed by atoms with Gasteiger partial charge in [-0.05, 0) is 30.9 Å². The third-order valence-corrected chi connectivity index (χ3v) is 2.86. The van der Waals surface area contributed by atoms with Crippen molar-refractivity contribution in [3.63, 3.8) is 0 Å². The summed E-state index contributed by atoms with van der Waals surface area (Å²) in [6.07, 6.45) is 3.89. The van der Waals surface area contributed by atoms with E-state index in [1.165, 1.54) is 11.1 Å². The fourth-order valence-electron chi connectivity index (χ4n) is 1.75. The summed E-state index contributed by atoms with van der Waals surface area (Å²) in [6, 6.07) is 8.78. The van der Waals surface area contributed by atoms with Gasteiger partial charge in [0.2, 0.25) is 0 Å². The van der Waals surface area contributed by atoms with E-state index in [2.05, 4.69) is 60.3 Å². The number of halogens is 1. The molecule has 0 aliphatic carbocycles. The van der Waals surface area contributed by atoms with Crippen LogP contribution in [0.5, 0.6) is 0 Å². The van der Waals surface area contributed by atoms with Crippen molar-refractivity contribution in [3.8, 4) is 0 Å². The van der Waals surface area contributed by atoms with Crippen LogP contribution in [0.4, 0.5) is 0 Å². The molecule has 0 unspecified atom stereocenters. The Hall–Kier alpha value is -1.04. The number of aliphatic imine (C=N–C) groups is 1. The first-order valence-electron chi connectivity index (χ1n) is 7.01. The second-order valence-corrected chi connectivity index (χ2v) is 4.35. The molecular weight excluding hydrogens is 361 g/mol. The van der Waals surface area contributed by atoms with E-state index >= 15 is 0 Å². The van der Waals surface area contributed by atoms with E-state index in [4.69, 9.17) is 0 Å². The molecule has 1 aromatic rings. The van der Waals surface area contributed by atoms with E-state index in [0.29, 0.717) is 0 Å². The van der Waals surface area contributed by atoms with Crippen LogP contribution >= 0.6 is 24.0 Å². The van der Waals surface area contributed by atoms with Crippen molar-refractivity contribution >= 4 is 29.9 Å². The molecule has 1 aromatic carbocycles. The van der Waals surface area contributed by atoms with Gasteiger partial charge in [0.05, 0.1) is 0 Å². The summed E-state index contributed by atoms with van der Waals surface area (Å²) >= 11 is 0. The van der Waals surface area contributed by atoms with Gasteiger partial charge in [-0.25, -0.2) is 0 Å². The molecule has 0 amide bonds. The molecular formula is C16H26IN3. The minimum absolute atomic E-state index is 0. The van der Waals surface area contributed by atoms with Crippen LogP contribution in [0.2, 0.25) is 0 Å². The molecule has 20 heavy (non-hydrogen) atoms. The average molecular weight is 387 g/mol. The quantitative estimate of drug-likeness (QED) is 0.326. The van der Waals surface area contributed by atoms with Gasteiger partial charge in [-0.15, -0.1) is 30.6 Å². The fourth-order valence-corrected chi connectivity index (χ4v) is 1.75. The summed E-state index contributed by atoms with van der Waals surface area (Å²) < 4.78 is 0. The molecule has 1 rings (SSSR count). The molecule has 112 valence electrons. The predicted octanol–water partition coefficient (Wildman–Crippen LogP) is 3.15. The van der Waals surface area contributed by atoms with E-state index in [1.54, 1.807) is 0 Å². The van der Waals surface area contributed by atoms with Crippen LogP contribution in [0, 0.1) is 0 Å². The van der Waals surface area contributed by atoms with Crippen LogP contribution < -0.4 is 10.6 Å². The maximum absolute atomic E-state index is 4.54. The third kappa shape index (κ3) is 7.53. The van der Waals surface area contributed by atoms with Crippen LogP contribution in [-0.2, 0) is 12.8 Å². The monoisotopic (exact) mass is 387 g/mol. The zero-order valence-electron chi connectivity index (χ0n) is 12.5. The number of nitrogens with one attached hydrogen (secondary N) is 2. The number of rotatable bonds is 7. The molecule has 0 saturated heterocycles. The summed E-state index contributed by atoms with van der Waals surface area (Å²) in [5, 5.41) is 6.41. The molecule has 0 spiro atoms. The van der Waals surface area contributed by atoms with Crippen LogP contribution in [0.3, 0.4) is 0 Å². The highest BCUT2D eigenvalue weighted by molar-refractivity contribution is 14.0. The van der Waals surface area contributed by atoms with Gasteiger partial charge in [0.15, 0.2) is 5.96 Å². The zero-order chi connectivity index (χ0) is 13.9. The zero-order valence-corrected chi connectivity index (χ0v) is 14.8. The number of aryl methyl sites for hydroxylation is 1. The topological polar surface area (TPSA) is 36.4 Å². The molecule has 0 radical (unpaired) electrons. The predicted molar refractivity (Wildman–Crippen MR) is 99.1 cm³/mol. The first-order chi connectivity index (χ1) is 9.30. The highest BCUT2D eigenvalue weighted by atomic mass is 127. The van der Waals surface area contributed by atoms with Crippen LogP contribution in [0.25, 0.3) is 0 Å². The van der Waals surface area contributed by atoms with Gasteiger partial charge in [0.1, 0.15) is 0 Å². The lowest BCUT2D eigenvalue weighted by molar-refractivity contribution is 0.851. The minimum Gasteiger partial charge on any atom is -0.357 e. The lowest BCUT2D eigenvalue weighted by Crippen LogP contribution is -2.37. The number of hydrogen-bond donors (Lipinski definition) is 2. The van der Waals surface area contributed by atoms with E-state index in [-0.39, 0.29) is 24.0 Å². The normalized spacial score (nSPS) is 10.6. The molecule has 0 atom stereocenters. The Kier molecular flexibility index (Phi) is 11.1. The van der Waals surface area contributed by atoms with Crippen molar-refractivity contribution < 1.29 is 0 Å². The maximum atomic E-state index is 4.54. The number of benzene rings is 1. The maximum Gasteiger partial charge on any atom is 0.191 e. The van der Waals surface area contributed by atoms with Crippen molar-refractivity contribution in [1.82, 2.24) is 10.6 Å². The molecule has 3 nitrogen and oxygen atoms in total. The third-order valence-electron chi connectivity index (χ3n) is 2.86. The Morgan fingerprint density at radius 3 is 2.35 bits per heavy atom. The first-order valence-corrected chi connectivity index (χ1v) is 7.01. The average Bonchev–Trinajstić information content (AvgIpc) is 2.45. The molecule has 0 saturated carbocycles. The molecule has 0 aliphatic heterocycles. The number of hydrogen-bond acceptors (Lipinski definition) is 1. The van der Waals surface area contributed by atoms with Crippen LogP contribution in [-0.4, -0.2) is 25.6 Å². The van der Waals surface area contributed by atoms with Crippen LogP contribution in [0.15, 0.2) is 41.9 Å². The van der Waals surface area contributed by atoms with E-state index < -0.39 is 0 Å². The molecule has 0 fully saturated rings. The van der Waals surface area contributed by atoms with Gasteiger partial charge >= 0.3 is 0 Å². The van der Waals surface area contributed by atoms with Gasteiger partial charge in [0.25, 0.3) is 0 Å². The molecule has 0 bridgehead atoms. The van der Waals surface area contributed by atoms with E-state index in [0.717, 1.165) is 38.4 Å². The van der Waals surface area contributed by atoms with Crippen molar-refractivity contribution in [1.29, 1.82) is 0 Å². The molecule has 0 aliphatic rings. The summed E-state index contributed by atoms with van der Waals surface area (Å²) in [5.41, 5.74) is 2.72. The van der Waals surface area contributed by atoms with Crippen molar-refractivity contribution in [3.05, 3.63) is 48.0 Å². The Balaban J connectivity index is 0.00000361. The smallest absolute Gasteiger partial charge is 0.191 e. The van der Waals surface area contributed by atoms with E-state index in [1.807, 2.05) is 6.08 Å². The van der Waals surface area contributed by atoms with Crippen LogP contribution in [0.1, 0.15) is 25.0 Å². The first kappa shape index (κ1) is 19.0. The second kappa shape index (κ2) is 11.8. The van der Waals surface area contributed by atoms with Gasteiger partial charge in [0, 0.05) is 19.6 Å². The Morgan fingerprint density at radius 1 is 1.15 bits per heavy atom. The summed E-state index contributed by atoms with van der Waals surface area (Å²) in [7, 11) is 0. The molecule has 0 aromatic heterocycles. The highest BCUT2D eigenvalue weighted by Crippen LogP contribution is 2.05. The summed E-state index contributed by atoms with van der Waals surface area (Å²) in [6.45, 7) is 10.3. The Bertz CT molecular complexity index is 399. The fraction of sp³-hybridized carbons (Fsp3) is 0.438. The van der Waals surface area contributed by atoms with Crippen molar-refractivity contribution in [2.75, 3.05) is 19.6 Å². The lowest BCUT2D eigenvalue weighted by atomic mass is 10.1. The van der Waals surface area contributed by atoms with E-state index in [9.17, 15) is 0 Å². The molecule has 4 heteroatoms. The summed E-state index contributed by atoms with van der Waals surface area (Å²) in [5.74, 6) is 0.854. The van der Waals surface area contributed by atoms with Gasteiger partial charge in [-0.2, -0.15) is 0 Å². The Labute approximate surface area is 140 Å². The largest absolute Gasteiger partial charge is 0.357 e. The number of guanidine groups is 1. The number of nitrogens with zero attached hydrogens (tertiary/aromatic N) is 1. The van der Waals surface area contributed by atoms with Crippen molar-refractivity contribution in [2.24, 2.45) is 4.99 Å². The molecule has 0 heterocycles. The standard InChI is InChI=1S/C16H25N3.HI/c1-4-12-18-16(17-6-3)19-13-11-15-9-7-14(5-2)8-10-15;/h4,7-10H,1,5-6,11-13H2,2-3H3,(H2,17,18,19);1H. The Morgan fingerprint density at radius 2 is 1.80 bits per heavy atom. The second-order valence-electron chi connectivity index (χ2n) is 4.35. The minimum atomic E-state index is 0. The van der Waals surface area contributed by atoms with Crippen molar-refractivity contribution in [2.45, 2.75) is 26.7 Å². The SMILES string of the molecule is C=CCNC(=NCCc1ccc(CC)cc1)NCC.I. The van der Waals surface area contributed by atoms with Gasteiger partial charge < -0.3 is 10.6 Å². The molecule has 2 N–H and O–H groups in total. The lowest BCUT2D eigenvalue weighted by Gasteiger charge is -2.09. The van der Waals surface area contributed by atoms with Gasteiger partial charge in [-0.1, -0.05) is 37.3 Å². The summed E-state index contributed by atoms with van der Waals surface area (Å²) in [4.78, 5) is 4.54. The van der Waals surface area contributed by atoms with Gasteiger partial charge in [-0.3, -0.25) is 4.99 Å².